The molecule has 11 heteroatoms. The fourth-order valence-electron chi connectivity index (χ4n) is 2.67. The quantitative estimate of drug-likeness (QED) is 0.545. The van der Waals surface area contributed by atoms with Crippen molar-refractivity contribution >= 4 is 5.69 Å². The van der Waals surface area contributed by atoms with Crippen LogP contribution in [0.5, 0.6) is 0 Å². The number of anilines is 1. The zero-order valence-electron chi connectivity index (χ0n) is 15.1. The fraction of sp³-hybridized carbons (Fsp3) is 0.167. The predicted octanol–water partition coefficient (Wildman–Crippen LogP) is 3.65. The molecule has 4 rings (SSSR count). The lowest BCUT2D eigenvalue weighted by Crippen LogP contribution is -2.04. The van der Waals surface area contributed by atoms with Crippen LogP contribution < -0.4 is 5.32 Å². The van der Waals surface area contributed by atoms with E-state index in [1.165, 1.54) is 23.1 Å². The summed E-state index contributed by atoms with van der Waals surface area (Å²) in [7, 11) is 0. The van der Waals surface area contributed by atoms with Gasteiger partial charge in [-0.25, -0.2) is 4.68 Å². The Morgan fingerprint density at radius 1 is 1.14 bits per heavy atom. The SMILES string of the molecule is Cc1ccc(-n2cnnn2)cc1NCc1nc(-c2cccc(C(F)(F)F)c2)no1. The second kappa shape index (κ2) is 7.34. The fourth-order valence-corrected chi connectivity index (χ4v) is 2.67. The van der Waals surface area contributed by atoms with Gasteiger partial charge in [0.25, 0.3) is 0 Å². The van der Waals surface area contributed by atoms with E-state index < -0.39 is 11.7 Å². The minimum atomic E-state index is -4.44. The second-order valence-electron chi connectivity index (χ2n) is 6.20. The lowest BCUT2D eigenvalue weighted by atomic mass is 10.1. The molecule has 29 heavy (non-hydrogen) atoms. The van der Waals surface area contributed by atoms with Gasteiger partial charge < -0.3 is 9.84 Å². The number of halogens is 3. The van der Waals surface area contributed by atoms with E-state index >= 15 is 0 Å². The Balaban J connectivity index is 1.50. The maximum atomic E-state index is 12.9. The van der Waals surface area contributed by atoms with Gasteiger partial charge in [-0.15, -0.1) is 5.10 Å². The Labute approximate surface area is 162 Å². The number of benzene rings is 2. The lowest BCUT2D eigenvalue weighted by Gasteiger charge is -2.09. The minimum absolute atomic E-state index is 0.0899. The van der Waals surface area contributed by atoms with Crippen LogP contribution in [0.25, 0.3) is 17.1 Å². The number of nitrogens with zero attached hydrogens (tertiary/aromatic N) is 6. The summed E-state index contributed by atoms with van der Waals surface area (Å²) in [4.78, 5) is 4.18. The van der Waals surface area contributed by atoms with Crippen molar-refractivity contribution in [2.24, 2.45) is 0 Å². The van der Waals surface area contributed by atoms with Gasteiger partial charge in [-0.1, -0.05) is 23.4 Å². The molecule has 4 aromatic rings. The number of tetrazole rings is 1. The van der Waals surface area contributed by atoms with Crippen LogP contribution in [0.3, 0.4) is 0 Å². The van der Waals surface area contributed by atoms with E-state index in [-0.39, 0.29) is 23.8 Å². The monoisotopic (exact) mass is 401 g/mol. The third kappa shape index (κ3) is 4.08. The van der Waals surface area contributed by atoms with Gasteiger partial charge in [0.05, 0.1) is 17.8 Å². The largest absolute Gasteiger partial charge is 0.416 e. The Morgan fingerprint density at radius 2 is 2.00 bits per heavy atom. The van der Waals surface area contributed by atoms with Crippen molar-refractivity contribution in [2.75, 3.05) is 5.32 Å². The highest BCUT2D eigenvalue weighted by molar-refractivity contribution is 5.57. The molecule has 0 spiro atoms. The zero-order chi connectivity index (χ0) is 20.4. The summed E-state index contributed by atoms with van der Waals surface area (Å²) in [6.45, 7) is 2.12. The molecule has 8 nitrogen and oxygen atoms in total. The summed E-state index contributed by atoms with van der Waals surface area (Å²) < 4.78 is 45.3. The molecule has 148 valence electrons. The van der Waals surface area contributed by atoms with Crippen LogP contribution in [0.1, 0.15) is 17.0 Å². The molecule has 0 amide bonds. The summed E-state index contributed by atoms with van der Waals surface area (Å²) in [6.07, 6.45) is -2.96. The van der Waals surface area contributed by atoms with E-state index in [4.69, 9.17) is 4.52 Å². The second-order valence-corrected chi connectivity index (χ2v) is 6.20. The third-order valence-corrected chi connectivity index (χ3v) is 4.18. The van der Waals surface area contributed by atoms with Gasteiger partial charge in [0, 0.05) is 11.3 Å². The molecular formula is C18H14F3N7O. The Bertz CT molecular complexity index is 1120. The standard InChI is InChI=1S/C18H14F3N7O/c1-11-5-6-14(28-10-23-26-27-28)8-15(11)22-9-16-24-17(25-29-16)12-3-2-4-13(7-12)18(19,20)21/h2-8,10,22H,9H2,1H3. The van der Waals surface area contributed by atoms with Crippen LogP contribution in [0.15, 0.2) is 53.3 Å². The molecule has 1 N–H and O–H groups in total. The normalized spacial score (nSPS) is 11.6. The van der Waals surface area contributed by atoms with Gasteiger partial charge in [0.15, 0.2) is 0 Å². The molecular weight excluding hydrogens is 387 g/mol. The first-order valence-corrected chi connectivity index (χ1v) is 8.48. The average molecular weight is 401 g/mol. The van der Waals surface area contributed by atoms with E-state index in [0.29, 0.717) is 0 Å². The third-order valence-electron chi connectivity index (χ3n) is 4.18. The molecule has 0 radical (unpaired) electrons. The summed E-state index contributed by atoms with van der Waals surface area (Å²) in [5.74, 6) is 0.330. The van der Waals surface area contributed by atoms with Crippen LogP contribution in [-0.4, -0.2) is 30.3 Å². The van der Waals surface area contributed by atoms with Gasteiger partial charge in [-0.05, 0) is 47.2 Å². The van der Waals surface area contributed by atoms with Gasteiger partial charge in [-0.3, -0.25) is 0 Å². The molecule has 0 aliphatic carbocycles. The highest BCUT2D eigenvalue weighted by atomic mass is 19.4. The van der Waals surface area contributed by atoms with Crippen LogP contribution >= 0.6 is 0 Å². The highest BCUT2D eigenvalue weighted by Gasteiger charge is 2.30. The van der Waals surface area contributed by atoms with Gasteiger partial charge in [-0.2, -0.15) is 18.2 Å². The molecule has 2 aromatic carbocycles. The maximum absolute atomic E-state index is 12.9. The molecule has 2 heterocycles. The van der Waals surface area contributed by atoms with E-state index in [1.54, 1.807) is 0 Å². The molecule has 0 atom stereocenters. The number of rotatable bonds is 5. The first kappa shape index (κ1) is 18.6. The smallest absolute Gasteiger partial charge is 0.376 e. The van der Waals surface area contributed by atoms with Crippen molar-refractivity contribution in [2.45, 2.75) is 19.6 Å². The first-order valence-electron chi connectivity index (χ1n) is 8.48. The molecule has 0 fully saturated rings. The van der Waals surface area contributed by atoms with Crippen molar-refractivity contribution in [3.63, 3.8) is 0 Å². The maximum Gasteiger partial charge on any atom is 0.416 e. The van der Waals surface area contributed by atoms with E-state index in [9.17, 15) is 13.2 Å². The van der Waals surface area contributed by atoms with Crippen LogP contribution in [0, 0.1) is 6.92 Å². The van der Waals surface area contributed by atoms with E-state index in [2.05, 4.69) is 31.0 Å². The van der Waals surface area contributed by atoms with Crippen molar-refractivity contribution in [1.29, 1.82) is 0 Å². The average Bonchev–Trinajstić information content (AvgIpc) is 3.39. The molecule has 0 aliphatic rings. The minimum Gasteiger partial charge on any atom is -0.376 e. The summed E-state index contributed by atoms with van der Waals surface area (Å²) >= 11 is 0. The first-order chi connectivity index (χ1) is 13.9. The molecule has 0 saturated carbocycles. The Hall–Kier alpha value is -3.76. The summed E-state index contributed by atoms with van der Waals surface area (Å²) in [5, 5.41) is 18.0. The number of aryl methyl sites for hydroxylation is 1. The summed E-state index contributed by atoms with van der Waals surface area (Å²) in [6, 6.07) is 10.4. The van der Waals surface area contributed by atoms with Gasteiger partial charge in [0.1, 0.15) is 6.33 Å². The molecule has 0 unspecified atom stereocenters. The molecule has 0 saturated heterocycles. The number of alkyl halides is 3. The van der Waals surface area contributed by atoms with Crippen molar-refractivity contribution in [1.82, 2.24) is 30.3 Å². The molecule has 2 aromatic heterocycles. The zero-order valence-corrected chi connectivity index (χ0v) is 15.1. The number of aromatic nitrogens is 6. The molecule has 0 aliphatic heterocycles. The van der Waals surface area contributed by atoms with Crippen molar-refractivity contribution in [3.8, 4) is 17.1 Å². The summed E-state index contributed by atoms with van der Waals surface area (Å²) in [5.41, 5.74) is 2.00. The van der Waals surface area contributed by atoms with Gasteiger partial charge in [0.2, 0.25) is 11.7 Å². The predicted molar refractivity (Wildman–Crippen MR) is 96.0 cm³/mol. The van der Waals surface area contributed by atoms with E-state index in [1.807, 2.05) is 25.1 Å². The topological polar surface area (TPSA) is 94.6 Å². The Kier molecular flexibility index (Phi) is 4.71. The van der Waals surface area contributed by atoms with Crippen LogP contribution in [-0.2, 0) is 12.7 Å². The number of nitrogens with one attached hydrogen (secondary N) is 1. The van der Waals surface area contributed by atoms with Crippen LogP contribution in [0.4, 0.5) is 18.9 Å². The molecule has 0 bridgehead atoms. The van der Waals surface area contributed by atoms with Gasteiger partial charge >= 0.3 is 6.18 Å². The lowest BCUT2D eigenvalue weighted by molar-refractivity contribution is -0.137. The number of hydrogen-bond acceptors (Lipinski definition) is 7. The van der Waals surface area contributed by atoms with Crippen molar-refractivity contribution < 1.29 is 17.7 Å². The van der Waals surface area contributed by atoms with Crippen LogP contribution in [0.2, 0.25) is 0 Å². The van der Waals surface area contributed by atoms with Crippen molar-refractivity contribution in [3.05, 3.63) is 65.8 Å². The Morgan fingerprint density at radius 3 is 2.76 bits per heavy atom. The highest BCUT2D eigenvalue weighted by Crippen LogP contribution is 2.31. The van der Waals surface area contributed by atoms with E-state index in [0.717, 1.165) is 29.1 Å². The number of hydrogen-bond donors (Lipinski definition) is 1.